The standard InChI is InChI=1S/C11H9N3O4/c15-11(16)10-4-5-12-13(10)7-8-2-1-3-9(6-8)14(17)18/h1-6H,7H2,(H,15,16). The maximum Gasteiger partial charge on any atom is 0.354 e. The van der Waals surface area contributed by atoms with E-state index in [9.17, 15) is 14.9 Å². The molecule has 0 aliphatic carbocycles. The van der Waals surface area contributed by atoms with Crippen molar-refractivity contribution < 1.29 is 14.8 Å². The Hall–Kier alpha value is -2.70. The fourth-order valence-electron chi connectivity index (χ4n) is 1.58. The van der Waals surface area contributed by atoms with E-state index in [4.69, 9.17) is 5.11 Å². The lowest BCUT2D eigenvalue weighted by Gasteiger charge is -2.04. The second-order valence-electron chi connectivity index (χ2n) is 3.61. The highest BCUT2D eigenvalue weighted by Crippen LogP contribution is 2.14. The van der Waals surface area contributed by atoms with E-state index in [1.54, 1.807) is 12.1 Å². The minimum absolute atomic E-state index is 0.0310. The predicted molar refractivity (Wildman–Crippen MR) is 61.4 cm³/mol. The second kappa shape index (κ2) is 4.66. The Morgan fingerprint density at radius 3 is 2.89 bits per heavy atom. The van der Waals surface area contributed by atoms with Crippen LogP contribution in [0, 0.1) is 10.1 Å². The molecule has 0 fully saturated rings. The summed E-state index contributed by atoms with van der Waals surface area (Å²) in [6, 6.07) is 7.38. The van der Waals surface area contributed by atoms with E-state index in [0.29, 0.717) is 5.56 Å². The zero-order chi connectivity index (χ0) is 13.1. The lowest BCUT2D eigenvalue weighted by Crippen LogP contribution is -2.10. The summed E-state index contributed by atoms with van der Waals surface area (Å²) in [7, 11) is 0. The van der Waals surface area contributed by atoms with Crippen molar-refractivity contribution in [1.82, 2.24) is 9.78 Å². The van der Waals surface area contributed by atoms with Crippen LogP contribution in [0.5, 0.6) is 0 Å². The van der Waals surface area contributed by atoms with E-state index in [-0.39, 0.29) is 17.9 Å². The van der Waals surface area contributed by atoms with Crippen molar-refractivity contribution in [3.63, 3.8) is 0 Å². The van der Waals surface area contributed by atoms with E-state index in [1.807, 2.05) is 0 Å². The summed E-state index contributed by atoms with van der Waals surface area (Å²) in [5, 5.41) is 23.4. The molecule has 7 heteroatoms. The summed E-state index contributed by atoms with van der Waals surface area (Å²) in [5.74, 6) is -1.09. The Balaban J connectivity index is 2.28. The Morgan fingerprint density at radius 2 is 2.22 bits per heavy atom. The Morgan fingerprint density at radius 1 is 1.44 bits per heavy atom. The van der Waals surface area contributed by atoms with E-state index < -0.39 is 10.9 Å². The van der Waals surface area contributed by atoms with E-state index >= 15 is 0 Å². The zero-order valence-electron chi connectivity index (χ0n) is 9.18. The number of rotatable bonds is 4. The van der Waals surface area contributed by atoms with Crippen molar-refractivity contribution in [2.75, 3.05) is 0 Å². The van der Waals surface area contributed by atoms with Crippen LogP contribution < -0.4 is 0 Å². The van der Waals surface area contributed by atoms with Crippen molar-refractivity contribution in [2.45, 2.75) is 6.54 Å². The molecule has 18 heavy (non-hydrogen) atoms. The van der Waals surface area contributed by atoms with Crippen molar-refractivity contribution in [2.24, 2.45) is 0 Å². The molecule has 0 aliphatic heterocycles. The molecular weight excluding hydrogens is 238 g/mol. The Kier molecular flexibility index (Phi) is 3.05. The molecule has 1 aromatic heterocycles. The van der Waals surface area contributed by atoms with Crippen LogP contribution in [0.3, 0.4) is 0 Å². The maximum absolute atomic E-state index is 10.9. The Bertz CT molecular complexity index is 606. The van der Waals surface area contributed by atoms with Crippen LogP contribution in [0.25, 0.3) is 0 Å². The third-order valence-corrected chi connectivity index (χ3v) is 2.39. The van der Waals surface area contributed by atoms with Gasteiger partial charge in [-0.15, -0.1) is 0 Å². The number of non-ortho nitro benzene ring substituents is 1. The molecule has 2 rings (SSSR count). The molecule has 0 spiro atoms. The summed E-state index contributed by atoms with van der Waals surface area (Å²) >= 11 is 0. The number of carbonyl (C=O) groups is 1. The zero-order valence-corrected chi connectivity index (χ0v) is 9.18. The van der Waals surface area contributed by atoms with Gasteiger partial charge in [-0.3, -0.25) is 14.8 Å². The highest BCUT2D eigenvalue weighted by atomic mass is 16.6. The summed E-state index contributed by atoms with van der Waals surface area (Å²) in [5.41, 5.74) is 0.633. The summed E-state index contributed by atoms with van der Waals surface area (Å²) in [6.45, 7) is 0.177. The number of hydrogen-bond acceptors (Lipinski definition) is 4. The first-order valence-electron chi connectivity index (χ1n) is 5.06. The fraction of sp³-hybridized carbons (Fsp3) is 0.0909. The minimum atomic E-state index is -1.09. The number of nitrogens with zero attached hydrogens (tertiary/aromatic N) is 3. The molecule has 7 nitrogen and oxygen atoms in total. The van der Waals surface area contributed by atoms with E-state index in [1.165, 1.54) is 29.1 Å². The molecule has 1 heterocycles. The van der Waals surface area contributed by atoms with Crippen LogP contribution in [0.4, 0.5) is 5.69 Å². The lowest BCUT2D eigenvalue weighted by molar-refractivity contribution is -0.384. The molecule has 92 valence electrons. The quantitative estimate of drug-likeness (QED) is 0.652. The van der Waals surface area contributed by atoms with Gasteiger partial charge in [-0.05, 0) is 11.6 Å². The summed E-state index contributed by atoms with van der Waals surface area (Å²) < 4.78 is 1.28. The van der Waals surface area contributed by atoms with E-state index in [2.05, 4.69) is 5.10 Å². The smallest absolute Gasteiger partial charge is 0.354 e. The second-order valence-corrected chi connectivity index (χ2v) is 3.61. The highest BCUT2D eigenvalue weighted by molar-refractivity contribution is 5.85. The summed E-state index contributed by atoms with van der Waals surface area (Å²) in [6.07, 6.45) is 1.38. The van der Waals surface area contributed by atoms with Crippen LogP contribution in [0.1, 0.15) is 16.1 Å². The van der Waals surface area contributed by atoms with Crippen LogP contribution in [-0.4, -0.2) is 25.8 Å². The van der Waals surface area contributed by atoms with Gasteiger partial charge in [-0.2, -0.15) is 5.10 Å². The molecule has 0 atom stereocenters. The largest absolute Gasteiger partial charge is 0.477 e. The number of nitro benzene ring substituents is 1. The normalized spacial score (nSPS) is 10.2. The number of carboxylic acids is 1. The van der Waals surface area contributed by atoms with Gasteiger partial charge in [0.15, 0.2) is 0 Å². The number of aromatic carboxylic acids is 1. The molecule has 0 saturated carbocycles. The van der Waals surface area contributed by atoms with Crippen molar-refractivity contribution in [1.29, 1.82) is 0 Å². The molecule has 0 aliphatic rings. The van der Waals surface area contributed by atoms with Gasteiger partial charge in [0.25, 0.3) is 5.69 Å². The van der Waals surface area contributed by atoms with Gasteiger partial charge in [0, 0.05) is 18.3 Å². The molecular formula is C11H9N3O4. The van der Waals surface area contributed by atoms with Crippen molar-refractivity contribution in [3.05, 3.63) is 57.9 Å². The van der Waals surface area contributed by atoms with E-state index in [0.717, 1.165) is 0 Å². The third kappa shape index (κ3) is 2.34. The SMILES string of the molecule is O=C(O)c1ccnn1Cc1cccc([N+](=O)[O-])c1. The average molecular weight is 247 g/mol. The fourth-order valence-corrected chi connectivity index (χ4v) is 1.58. The van der Waals surface area contributed by atoms with Gasteiger partial charge in [-0.25, -0.2) is 4.79 Å². The number of hydrogen-bond donors (Lipinski definition) is 1. The molecule has 0 amide bonds. The van der Waals surface area contributed by atoms with Crippen LogP contribution in [0.15, 0.2) is 36.5 Å². The Labute approximate surface area is 101 Å². The van der Waals surface area contributed by atoms with Gasteiger partial charge in [-0.1, -0.05) is 12.1 Å². The summed E-state index contributed by atoms with van der Waals surface area (Å²) in [4.78, 5) is 21.0. The molecule has 0 bridgehead atoms. The molecule has 0 unspecified atom stereocenters. The predicted octanol–water partition coefficient (Wildman–Crippen LogP) is 1.54. The van der Waals surface area contributed by atoms with Gasteiger partial charge < -0.3 is 5.11 Å². The van der Waals surface area contributed by atoms with Crippen LogP contribution in [0.2, 0.25) is 0 Å². The third-order valence-electron chi connectivity index (χ3n) is 2.39. The van der Waals surface area contributed by atoms with Crippen LogP contribution >= 0.6 is 0 Å². The lowest BCUT2D eigenvalue weighted by atomic mass is 10.2. The topological polar surface area (TPSA) is 98.3 Å². The number of benzene rings is 1. The first-order chi connectivity index (χ1) is 8.58. The number of aromatic nitrogens is 2. The number of carboxylic acid groups (broad SMARTS) is 1. The van der Waals surface area contributed by atoms with Gasteiger partial charge in [0.1, 0.15) is 5.69 Å². The van der Waals surface area contributed by atoms with Crippen molar-refractivity contribution >= 4 is 11.7 Å². The highest BCUT2D eigenvalue weighted by Gasteiger charge is 2.11. The molecule has 1 N–H and O–H groups in total. The van der Waals surface area contributed by atoms with Gasteiger partial charge in [0.2, 0.25) is 0 Å². The average Bonchev–Trinajstić information content (AvgIpc) is 2.77. The van der Waals surface area contributed by atoms with Crippen LogP contribution in [-0.2, 0) is 6.54 Å². The molecule has 2 aromatic rings. The van der Waals surface area contributed by atoms with Gasteiger partial charge >= 0.3 is 5.97 Å². The number of nitro groups is 1. The minimum Gasteiger partial charge on any atom is -0.477 e. The molecule has 0 radical (unpaired) electrons. The first-order valence-corrected chi connectivity index (χ1v) is 5.06. The maximum atomic E-state index is 10.9. The molecule has 0 saturated heterocycles. The molecule has 1 aromatic carbocycles. The first kappa shape index (κ1) is 11.8. The van der Waals surface area contributed by atoms with Crippen molar-refractivity contribution in [3.8, 4) is 0 Å². The van der Waals surface area contributed by atoms with Gasteiger partial charge in [0.05, 0.1) is 11.5 Å². The monoisotopic (exact) mass is 247 g/mol.